The van der Waals surface area contributed by atoms with Gasteiger partial charge in [0.05, 0.1) is 6.33 Å². The van der Waals surface area contributed by atoms with E-state index in [1.807, 2.05) is 0 Å². The summed E-state index contributed by atoms with van der Waals surface area (Å²) in [5.74, 6) is 0.263. The fraction of sp³-hybridized carbons (Fsp3) is 0.444. The van der Waals surface area contributed by atoms with E-state index in [0.29, 0.717) is 11.2 Å². The van der Waals surface area contributed by atoms with E-state index in [4.69, 9.17) is 25.0 Å². The van der Waals surface area contributed by atoms with Crippen LogP contribution in [0.3, 0.4) is 0 Å². The molecule has 11 heteroatoms. The summed E-state index contributed by atoms with van der Waals surface area (Å²) in [6, 6.07) is 0. The zero-order chi connectivity index (χ0) is 14.8. The minimum atomic E-state index is -4.21. The van der Waals surface area contributed by atoms with E-state index >= 15 is 0 Å². The Kier molecular flexibility index (Phi) is 4.31. The molecule has 20 heavy (non-hydrogen) atoms. The summed E-state index contributed by atoms with van der Waals surface area (Å²) in [5, 5.41) is 0. The van der Waals surface area contributed by atoms with Crippen LogP contribution in [-0.2, 0) is 20.8 Å². The van der Waals surface area contributed by atoms with Crippen molar-refractivity contribution in [1.82, 2.24) is 19.5 Å². The lowest BCUT2D eigenvalue weighted by atomic mass is 10.5. The third-order valence-electron chi connectivity index (χ3n) is 2.36. The SMILES string of the molecule is CC(OCn1cnc2c(N)ncnc21)OCP(=O)(O)O. The van der Waals surface area contributed by atoms with Gasteiger partial charge in [0, 0.05) is 0 Å². The van der Waals surface area contributed by atoms with Gasteiger partial charge in [-0.25, -0.2) is 15.0 Å². The quantitative estimate of drug-likeness (QED) is 0.491. The Balaban J connectivity index is 1.96. The second kappa shape index (κ2) is 5.81. The number of ether oxygens (including phenoxy) is 2. The number of nitrogens with two attached hydrogens (primary N) is 1. The first-order valence-electron chi connectivity index (χ1n) is 5.56. The van der Waals surface area contributed by atoms with E-state index in [1.54, 1.807) is 4.57 Å². The second-order valence-corrected chi connectivity index (χ2v) is 5.56. The van der Waals surface area contributed by atoms with Crippen molar-refractivity contribution >= 4 is 24.6 Å². The normalized spacial score (nSPS) is 13.8. The largest absolute Gasteiger partial charge is 0.382 e. The Morgan fingerprint density at radius 1 is 1.40 bits per heavy atom. The van der Waals surface area contributed by atoms with Gasteiger partial charge in [0.1, 0.15) is 18.6 Å². The number of aromatic nitrogens is 4. The van der Waals surface area contributed by atoms with Gasteiger partial charge >= 0.3 is 7.60 Å². The average Bonchev–Trinajstić information content (AvgIpc) is 2.78. The Morgan fingerprint density at radius 3 is 2.85 bits per heavy atom. The van der Waals surface area contributed by atoms with E-state index in [0.717, 1.165) is 0 Å². The molecular formula is C9H14N5O5P. The fourth-order valence-corrected chi connectivity index (χ4v) is 1.83. The number of nitrogens with zero attached hydrogens (tertiary/aromatic N) is 4. The van der Waals surface area contributed by atoms with Crippen LogP contribution in [-0.4, -0.2) is 41.9 Å². The summed E-state index contributed by atoms with van der Waals surface area (Å²) < 4.78 is 22.4. The maximum Gasteiger partial charge on any atom is 0.351 e. The van der Waals surface area contributed by atoms with Crippen LogP contribution in [0.4, 0.5) is 5.82 Å². The van der Waals surface area contributed by atoms with Crippen molar-refractivity contribution in [3.8, 4) is 0 Å². The van der Waals surface area contributed by atoms with Gasteiger partial charge in [-0.3, -0.25) is 9.13 Å². The molecule has 2 aromatic rings. The molecule has 0 aliphatic heterocycles. The molecule has 0 fully saturated rings. The van der Waals surface area contributed by atoms with Crippen LogP contribution < -0.4 is 5.73 Å². The van der Waals surface area contributed by atoms with Gasteiger partial charge in [0.25, 0.3) is 0 Å². The monoisotopic (exact) mass is 303 g/mol. The van der Waals surface area contributed by atoms with Crippen LogP contribution in [0.2, 0.25) is 0 Å². The van der Waals surface area contributed by atoms with Crippen LogP contribution >= 0.6 is 7.60 Å². The molecule has 0 saturated heterocycles. The molecule has 1 atom stereocenters. The molecule has 0 aromatic carbocycles. The Labute approximate surface area is 113 Å². The Bertz CT molecular complexity index is 641. The van der Waals surface area contributed by atoms with Crippen molar-refractivity contribution in [3.05, 3.63) is 12.7 Å². The highest BCUT2D eigenvalue weighted by atomic mass is 31.2. The van der Waals surface area contributed by atoms with E-state index in [-0.39, 0.29) is 12.5 Å². The lowest BCUT2D eigenvalue weighted by Gasteiger charge is -2.14. The number of hydrogen-bond donors (Lipinski definition) is 3. The number of fused-ring (bicyclic) bond motifs is 1. The zero-order valence-corrected chi connectivity index (χ0v) is 11.5. The lowest BCUT2D eigenvalue weighted by Crippen LogP contribution is -2.16. The predicted octanol–water partition coefficient (Wildman–Crippen LogP) is -0.120. The first-order chi connectivity index (χ1) is 9.37. The minimum absolute atomic E-state index is 0.0509. The molecule has 110 valence electrons. The maximum atomic E-state index is 10.6. The van der Waals surface area contributed by atoms with Crippen LogP contribution in [0, 0.1) is 0 Å². The highest BCUT2D eigenvalue weighted by Gasteiger charge is 2.16. The predicted molar refractivity (Wildman–Crippen MR) is 68.3 cm³/mol. The molecule has 2 aromatic heterocycles. The Hall–Kier alpha value is -1.58. The standard InChI is InChI=1S/C9H14N5O5P/c1-6(19-5-20(15,16)17)18-4-14-3-13-7-8(10)11-2-12-9(7)14/h2-3,6H,4-5H2,1H3,(H2,10,11,12)(H2,15,16,17). The van der Waals surface area contributed by atoms with Crippen molar-refractivity contribution in [2.24, 2.45) is 0 Å². The average molecular weight is 303 g/mol. The molecule has 2 heterocycles. The van der Waals surface area contributed by atoms with Gasteiger partial charge in [-0.2, -0.15) is 0 Å². The third-order valence-corrected chi connectivity index (χ3v) is 2.84. The molecule has 0 aliphatic carbocycles. The van der Waals surface area contributed by atoms with Crippen molar-refractivity contribution < 1.29 is 23.8 Å². The smallest absolute Gasteiger partial charge is 0.351 e. The summed E-state index contributed by atoms with van der Waals surface area (Å²) in [4.78, 5) is 29.2. The summed E-state index contributed by atoms with van der Waals surface area (Å²) in [5.41, 5.74) is 6.60. The molecule has 0 aliphatic rings. The second-order valence-electron chi connectivity index (χ2n) is 3.97. The van der Waals surface area contributed by atoms with Crippen LogP contribution in [0.5, 0.6) is 0 Å². The van der Waals surface area contributed by atoms with Crippen molar-refractivity contribution in [2.45, 2.75) is 19.9 Å². The number of nitrogen functional groups attached to an aromatic ring is 1. The van der Waals surface area contributed by atoms with E-state index < -0.39 is 20.2 Å². The topological polar surface area (TPSA) is 146 Å². The highest BCUT2D eigenvalue weighted by molar-refractivity contribution is 7.51. The van der Waals surface area contributed by atoms with Gasteiger partial charge in [-0.15, -0.1) is 0 Å². The fourth-order valence-electron chi connectivity index (χ4n) is 1.43. The maximum absolute atomic E-state index is 10.6. The molecule has 1 unspecified atom stereocenters. The van der Waals surface area contributed by atoms with Gasteiger partial charge in [-0.05, 0) is 6.92 Å². The lowest BCUT2D eigenvalue weighted by molar-refractivity contribution is -0.141. The van der Waals surface area contributed by atoms with Crippen molar-refractivity contribution in [1.29, 1.82) is 0 Å². The van der Waals surface area contributed by atoms with Gasteiger partial charge in [0.15, 0.2) is 24.1 Å². The molecule has 0 spiro atoms. The Morgan fingerprint density at radius 2 is 2.15 bits per heavy atom. The highest BCUT2D eigenvalue weighted by Crippen LogP contribution is 2.34. The first-order valence-corrected chi connectivity index (χ1v) is 7.35. The minimum Gasteiger partial charge on any atom is -0.382 e. The van der Waals surface area contributed by atoms with E-state index in [9.17, 15) is 4.57 Å². The summed E-state index contributed by atoms with van der Waals surface area (Å²) in [6.45, 7) is 1.58. The number of rotatable bonds is 6. The molecule has 10 nitrogen and oxygen atoms in total. The summed E-state index contributed by atoms with van der Waals surface area (Å²) in [6.07, 6.45) is 1.29. The van der Waals surface area contributed by atoms with Crippen molar-refractivity contribution in [3.63, 3.8) is 0 Å². The molecular weight excluding hydrogens is 289 g/mol. The van der Waals surface area contributed by atoms with Crippen LogP contribution in [0.1, 0.15) is 6.92 Å². The molecule has 2 rings (SSSR count). The molecule has 0 amide bonds. The zero-order valence-electron chi connectivity index (χ0n) is 10.6. The van der Waals surface area contributed by atoms with Crippen LogP contribution in [0.25, 0.3) is 11.2 Å². The van der Waals surface area contributed by atoms with E-state index in [2.05, 4.69) is 15.0 Å². The number of hydrogen-bond acceptors (Lipinski definition) is 7. The number of imidazole rings is 1. The molecule has 0 saturated carbocycles. The van der Waals surface area contributed by atoms with E-state index in [1.165, 1.54) is 19.6 Å². The van der Waals surface area contributed by atoms with Crippen molar-refractivity contribution in [2.75, 3.05) is 12.1 Å². The van der Waals surface area contributed by atoms with Gasteiger partial charge in [-0.1, -0.05) is 0 Å². The molecule has 0 bridgehead atoms. The number of anilines is 1. The van der Waals surface area contributed by atoms with Gasteiger partial charge in [0.2, 0.25) is 0 Å². The third kappa shape index (κ3) is 3.71. The van der Waals surface area contributed by atoms with Crippen LogP contribution in [0.15, 0.2) is 12.7 Å². The molecule has 0 radical (unpaired) electrons. The summed E-state index contributed by atoms with van der Waals surface area (Å²) >= 11 is 0. The van der Waals surface area contributed by atoms with Gasteiger partial charge < -0.3 is 25.0 Å². The summed E-state index contributed by atoms with van der Waals surface area (Å²) in [7, 11) is -4.21. The first kappa shape index (κ1) is 14.8. The molecule has 4 N–H and O–H groups in total.